The van der Waals surface area contributed by atoms with Crippen molar-refractivity contribution >= 4 is 0 Å². The third kappa shape index (κ3) is 4.04. The Bertz CT molecular complexity index is 329. The molecular weight excluding hydrogens is 214 g/mol. The fourth-order valence-electron chi connectivity index (χ4n) is 2.00. The number of nitrogens with zero attached hydrogens (tertiary/aromatic N) is 2. The average molecular weight is 237 g/mol. The van der Waals surface area contributed by atoms with Gasteiger partial charge in [0.15, 0.2) is 5.75 Å². The van der Waals surface area contributed by atoms with Gasteiger partial charge in [-0.15, -0.1) is 0 Å². The largest absolute Gasteiger partial charge is 0.490 e. The van der Waals surface area contributed by atoms with E-state index >= 15 is 0 Å². The Morgan fingerprint density at radius 2 is 2.47 bits per heavy atom. The summed E-state index contributed by atoms with van der Waals surface area (Å²) in [6.07, 6.45) is 6.21. The number of aromatic nitrogens is 2. The molecule has 1 saturated heterocycles. The Hall–Kier alpha value is -1.03. The average Bonchev–Trinajstić information content (AvgIpc) is 2.95. The summed E-state index contributed by atoms with van der Waals surface area (Å²) in [7, 11) is 0. The molecule has 4 nitrogen and oxygen atoms in total. The number of hydrogen-bond acceptors (Lipinski definition) is 3. The number of nitrogens with one attached hydrogen (secondary N) is 1. The molecule has 1 atom stereocenters. The lowest BCUT2D eigenvalue weighted by atomic mass is 10.1. The maximum Gasteiger partial charge on any atom is 0.157 e. The quantitative estimate of drug-likeness (QED) is 0.821. The van der Waals surface area contributed by atoms with Crippen molar-refractivity contribution in [2.45, 2.75) is 33.2 Å². The summed E-state index contributed by atoms with van der Waals surface area (Å²) >= 11 is 0. The second-order valence-corrected chi connectivity index (χ2v) is 5.29. The lowest BCUT2D eigenvalue weighted by Crippen LogP contribution is -2.15. The van der Waals surface area contributed by atoms with Crippen molar-refractivity contribution < 1.29 is 4.74 Å². The Kier molecular flexibility index (Phi) is 4.42. The molecule has 0 spiro atoms. The smallest absolute Gasteiger partial charge is 0.157 e. The van der Waals surface area contributed by atoms with Crippen LogP contribution >= 0.6 is 0 Å². The molecule has 1 aliphatic heterocycles. The minimum atomic E-state index is 0.661. The number of ether oxygens (including phenoxy) is 1. The molecule has 4 heteroatoms. The van der Waals surface area contributed by atoms with E-state index in [1.165, 1.54) is 6.42 Å². The van der Waals surface area contributed by atoms with E-state index in [2.05, 4.69) is 24.3 Å². The van der Waals surface area contributed by atoms with Gasteiger partial charge in [0.25, 0.3) is 0 Å². The standard InChI is InChI=1S/C13H23N3O/c1-11(2)4-6-16-9-13(8-15-16)17-10-12-3-5-14-7-12/h8-9,11-12,14H,3-7,10H2,1-2H3. The minimum Gasteiger partial charge on any atom is -0.490 e. The fourth-order valence-corrected chi connectivity index (χ4v) is 2.00. The third-order valence-electron chi connectivity index (χ3n) is 3.19. The van der Waals surface area contributed by atoms with Crippen LogP contribution in [0.4, 0.5) is 0 Å². The number of rotatable bonds is 6. The highest BCUT2D eigenvalue weighted by Crippen LogP contribution is 2.14. The first-order chi connectivity index (χ1) is 8.24. The van der Waals surface area contributed by atoms with Crippen LogP contribution in [0.5, 0.6) is 5.75 Å². The molecule has 1 N–H and O–H groups in total. The van der Waals surface area contributed by atoms with E-state index in [-0.39, 0.29) is 0 Å². The van der Waals surface area contributed by atoms with Gasteiger partial charge < -0.3 is 10.1 Å². The van der Waals surface area contributed by atoms with E-state index in [4.69, 9.17) is 4.74 Å². The molecular formula is C13H23N3O. The van der Waals surface area contributed by atoms with Crippen molar-refractivity contribution in [3.05, 3.63) is 12.4 Å². The van der Waals surface area contributed by atoms with Gasteiger partial charge in [-0.05, 0) is 25.3 Å². The van der Waals surface area contributed by atoms with E-state index in [9.17, 15) is 0 Å². The first kappa shape index (κ1) is 12.4. The molecule has 2 rings (SSSR count). The van der Waals surface area contributed by atoms with Crippen molar-refractivity contribution in [2.24, 2.45) is 11.8 Å². The highest BCUT2D eigenvalue weighted by Gasteiger charge is 2.15. The number of hydrogen-bond donors (Lipinski definition) is 1. The monoisotopic (exact) mass is 237 g/mol. The molecule has 0 saturated carbocycles. The second-order valence-electron chi connectivity index (χ2n) is 5.29. The van der Waals surface area contributed by atoms with E-state index in [0.717, 1.165) is 38.4 Å². The zero-order chi connectivity index (χ0) is 12.1. The van der Waals surface area contributed by atoms with E-state index in [0.29, 0.717) is 11.8 Å². The summed E-state index contributed by atoms with van der Waals surface area (Å²) in [5.41, 5.74) is 0. The van der Waals surface area contributed by atoms with Crippen molar-refractivity contribution in [1.29, 1.82) is 0 Å². The highest BCUT2D eigenvalue weighted by molar-refractivity contribution is 5.11. The summed E-state index contributed by atoms with van der Waals surface area (Å²) in [6, 6.07) is 0. The minimum absolute atomic E-state index is 0.661. The predicted octanol–water partition coefficient (Wildman–Crippen LogP) is 1.92. The highest BCUT2D eigenvalue weighted by atomic mass is 16.5. The number of aryl methyl sites for hydroxylation is 1. The van der Waals surface area contributed by atoms with Crippen LogP contribution in [-0.2, 0) is 6.54 Å². The summed E-state index contributed by atoms with van der Waals surface area (Å²) in [5.74, 6) is 2.28. The van der Waals surface area contributed by atoms with Crippen molar-refractivity contribution in [3.63, 3.8) is 0 Å². The zero-order valence-electron chi connectivity index (χ0n) is 10.9. The van der Waals surface area contributed by atoms with Crippen LogP contribution in [-0.4, -0.2) is 29.5 Å². The van der Waals surface area contributed by atoms with Crippen LogP contribution < -0.4 is 10.1 Å². The molecule has 1 aromatic heterocycles. The molecule has 0 amide bonds. The van der Waals surface area contributed by atoms with Gasteiger partial charge >= 0.3 is 0 Å². The van der Waals surface area contributed by atoms with E-state index < -0.39 is 0 Å². The second kappa shape index (κ2) is 6.05. The summed E-state index contributed by atoms with van der Waals surface area (Å²) in [4.78, 5) is 0. The molecule has 1 aromatic rings. The zero-order valence-corrected chi connectivity index (χ0v) is 10.9. The van der Waals surface area contributed by atoms with Gasteiger partial charge in [-0.2, -0.15) is 5.10 Å². The van der Waals surface area contributed by atoms with Gasteiger partial charge in [-0.1, -0.05) is 13.8 Å². The van der Waals surface area contributed by atoms with Crippen molar-refractivity contribution in [3.8, 4) is 5.75 Å². The summed E-state index contributed by atoms with van der Waals surface area (Å²) < 4.78 is 7.73. The van der Waals surface area contributed by atoms with E-state index in [1.54, 1.807) is 0 Å². The summed E-state index contributed by atoms with van der Waals surface area (Å²) in [5, 5.41) is 7.66. The molecule has 1 unspecified atom stereocenters. The van der Waals surface area contributed by atoms with Gasteiger partial charge in [0.1, 0.15) is 0 Å². The van der Waals surface area contributed by atoms with Gasteiger partial charge in [0, 0.05) is 19.0 Å². The van der Waals surface area contributed by atoms with Crippen LogP contribution in [0.25, 0.3) is 0 Å². The van der Waals surface area contributed by atoms with Gasteiger partial charge in [0.2, 0.25) is 0 Å². The predicted molar refractivity (Wildman–Crippen MR) is 68.2 cm³/mol. The lowest BCUT2D eigenvalue weighted by molar-refractivity contribution is 0.259. The molecule has 0 radical (unpaired) electrons. The van der Waals surface area contributed by atoms with Crippen LogP contribution in [0, 0.1) is 11.8 Å². The molecule has 1 aliphatic rings. The molecule has 0 aliphatic carbocycles. The molecule has 0 aromatic carbocycles. The maximum atomic E-state index is 5.75. The maximum absolute atomic E-state index is 5.75. The molecule has 17 heavy (non-hydrogen) atoms. The van der Waals surface area contributed by atoms with Crippen molar-refractivity contribution in [1.82, 2.24) is 15.1 Å². The normalized spacial score (nSPS) is 20.1. The lowest BCUT2D eigenvalue weighted by Gasteiger charge is -2.08. The van der Waals surface area contributed by atoms with Crippen LogP contribution in [0.2, 0.25) is 0 Å². The Balaban J connectivity index is 1.73. The first-order valence-corrected chi connectivity index (χ1v) is 6.60. The molecule has 0 bridgehead atoms. The van der Waals surface area contributed by atoms with Gasteiger partial charge in [0.05, 0.1) is 19.0 Å². The first-order valence-electron chi connectivity index (χ1n) is 6.60. The van der Waals surface area contributed by atoms with Crippen LogP contribution in [0.15, 0.2) is 12.4 Å². The van der Waals surface area contributed by atoms with Crippen molar-refractivity contribution in [2.75, 3.05) is 19.7 Å². The Morgan fingerprint density at radius 1 is 1.59 bits per heavy atom. The van der Waals surface area contributed by atoms with Gasteiger partial charge in [-0.3, -0.25) is 4.68 Å². The molecule has 1 fully saturated rings. The van der Waals surface area contributed by atoms with Crippen LogP contribution in [0.1, 0.15) is 26.7 Å². The topological polar surface area (TPSA) is 39.1 Å². The van der Waals surface area contributed by atoms with Crippen LogP contribution in [0.3, 0.4) is 0 Å². The third-order valence-corrected chi connectivity index (χ3v) is 3.19. The SMILES string of the molecule is CC(C)CCn1cc(OCC2CCNC2)cn1. The molecule has 96 valence electrons. The Labute approximate surface area is 103 Å². The Morgan fingerprint density at radius 3 is 3.18 bits per heavy atom. The van der Waals surface area contributed by atoms with E-state index in [1.807, 2.05) is 17.1 Å². The fraction of sp³-hybridized carbons (Fsp3) is 0.769. The molecule has 2 heterocycles. The van der Waals surface area contributed by atoms with Gasteiger partial charge in [-0.25, -0.2) is 0 Å². The summed E-state index contributed by atoms with van der Waals surface area (Å²) in [6.45, 7) is 8.46.